The molecule has 0 saturated carbocycles. The lowest BCUT2D eigenvalue weighted by atomic mass is 10.1. The Kier molecular flexibility index (Phi) is 4.99. The number of carbonyl (C=O) groups excluding carboxylic acids is 2. The quantitative estimate of drug-likeness (QED) is 0.659. The molecular weight excluding hydrogens is 365 g/mol. The highest BCUT2D eigenvalue weighted by Gasteiger charge is 2.35. The van der Waals surface area contributed by atoms with Crippen LogP contribution in [0.2, 0.25) is 10.0 Å². The van der Waals surface area contributed by atoms with E-state index in [0.29, 0.717) is 15.0 Å². The van der Waals surface area contributed by atoms with Gasteiger partial charge in [-0.3, -0.25) is 14.5 Å². The maximum atomic E-state index is 12.5. The normalized spacial score (nSPS) is 16.3. The summed E-state index contributed by atoms with van der Waals surface area (Å²) in [7, 11) is 0. The van der Waals surface area contributed by atoms with Crippen LogP contribution in [0.25, 0.3) is 6.08 Å². The fourth-order valence-electron chi connectivity index (χ4n) is 2.27. The summed E-state index contributed by atoms with van der Waals surface area (Å²) in [5.74, 6) is -0.295. The highest BCUT2D eigenvalue weighted by molar-refractivity contribution is 8.18. The highest BCUT2D eigenvalue weighted by atomic mass is 35.5. The van der Waals surface area contributed by atoms with Crippen LogP contribution in [0.15, 0.2) is 47.4 Å². The molecule has 6 heteroatoms. The molecule has 0 aliphatic carbocycles. The van der Waals surface area contributed by atoms with Crippen LogP contribution in [-0.4, -0.2) is 16.0 Å². The second-order valence-electron chi connectivity index (χ2n) is 5.43. The summed E-state index contributed by atoms with van der Waals surface area (Å²) in [5, 5.41) is 0.551. The lowest BCUT2D eigenvalue weighted by Gasteiger charge is -2.12. The molecule has 1 aliphatic heterocycles. The zero-order chi connectivity index (χ0) is 17.3. The van der Waals surface area contributed by atoms with E-state index < -0.39 is 0 Å². The predicted octanol–water partition coefficient (Wildman–Crippen LogP) is 5.54. The number of halogens is 2. The van der Waals surface area contributed by atoms with Crippen molar-refractivity contribution in [2.24, 2.45) is 0 Å². The molecule has 1 fully saturated rings. The van der Waals surface area contributed by atoms with E-state index >= 15 is 0 Å². The number of amides is 2. The first-order valence-electron chi connectivity index (χ1n) is 7.20. The lowest BCUT2D eigenvalue weighted by Crippen LogP contribution is -2.27. The van der Waals surface area contributed by atoms with Gasteiger partial charge in [-0.05, 0) is 48.0 Å². The molecule has 3 rings (SSSR count). The number of thioether (sulfide) groups is 1. The first-order chi connectivity index (χ1) is 11.4. The molecule has 1 saturated heterocycles. The Labute approximate surface area is 154 Å². The molecule has 0 N–H and O–H groups in total. The van der Waals surface area contributed by atoms with E-state index in [0.717, 1.165) is 28.5 Å². The van der Waals surface area contributed by atoms with Gasteiger partial charge in [0.25, 0.3) is 11.1 Å². The Morgan fingerprint density at radius 2 is 1.75 bits per heavy atom. The van der Waals surface area contributed by atoms with Gasteiger partial charge in [-0.15, -0.1) is 0 Å². The summed E-state index contributed by atoms with van der Waals surface area (Å²) < 4.78 is 0. The van der Waals surface area contributed by atoms with Crippen LogP contribution in [0.5, 0.6) is 0 Å². The fourth-order valence-corrected chi connectivity index (χ4v) is 3.43. The van der Waals surface area contributed by atoms with Gasteiger partial charge in [0.1, 0.15) is 0 Å². The molecule has 1 aliphatic rings. The molecule has 2 aromatic rings. The van der Waals surface area contributed by atoms with E-state index in [1.165, 1.54) is 4.90 Å². The third kappa shape index (κ3) is 3.66. The average molecular weight is 378 g/mol. The van der Waals surface area contributed by atoms with Gasteiger partial charge >= 0.3 is 0 Å². The van der Waals surface area contributed by atoms with Gasteiger partial charge in [-0.25, -0.2) is 0 Å². The largest absolute Gasteiger partial charge is 0.293 e. The van der Waals surface area contributed by atoms with E-state index in [1.54, 1.807) is 24.3 Å². The van der Waals surface area contributed by atoms with Gasteiger partial charge in [0, 0.05) is 0 Å². The van der Waals surface area contributed by atoms with Crippen LogP contribution < -0.4 is 0 Å². The maximum Gasteiger partial charge on any atom is 0.293 e. The van der Waals surface area contributed by atoms with E-state index in [-0.39, 0.29) is 17.7 Å². The Morgan fingerprint density at radius 3 is 2.42 bits per heavy atom. The van der Waals surface area contributed by atoms with Crippen LogP contribution in [-0.2, 0) is 11.3 Å². The first-order valence-corrected chi connectivity index (χ1v) is 8.77. The van der Waals surface area contributed by atoms with Crippen molar-refractivity contribution in [3.05, 3.63) is 74.1 Å². The van der Waals surface area contributed by atoms with Crippen molar-refractivity contribution >= 4 is 52.2 Å². The minimum Gasteiger partial charge on any atom is -0.268 e. The van der Waals surface area contributed by atoms with Gasteiger partial charge in [0.05, 0.1) is 21.5 Å². The molecule has 2 amide bonds. The summed E-state index contributed by atoms with van der Waals surface area (Å²) in [6, 6.07) is 12.8. The Hall–Kier alpha value is -1.75. The number of rotatable bonds is 3. The number of nitrogens with zero attached hydrogens (tertiary/aromatic N) is 1. The van der Waals surface area contributed by atoms with Crippen molar-refractivity contribution in [2.45, 2.75) is 13.5 Å². The van der Waals surface area contributed by atoms with Crippen molar-refractivity contribution in [3.63, 3.8) is 0 Å². The van der Waals surface area contributed by atoms with Crippen LogP contribution in [0.1, 0.15) is 16.7 Å². The summed E-state index contributed by atoms with van der Waals surface area (Å²) in [6.45, 7) is 2.17. The zero-order valence-electron chi connectivity index (χ0n) is 12.8. The van der Waals surface area contributed by atoms with Crippen molar-refractivity contribution in [1.82, 2.24) is 4.90 Å². The topological polar surface area (TPSA) is 37.4 Å². The van der Waals surface area contributed by atoms with Gasteiger partial charge in [0.2, 0.25) is 0 Å². The molecule has 0 bridgehead atoms. The lowest BCUT2D eigenvalue weighted by molar-refractivity contribution is -0.123. The third-order valence-electron chi connectivity index (χ3n) is 3.57. The molecule has 24 heavy (non-hydrogen) atoms. The number of hydrogen-bond donors (Lipinski definition) is 0. The van der Waals surface area contributed by atoms with Gasteiger partial charge in [-0.1, -0.05) is 59.1 Å². The van der Waals surface area contributed by atoms with Gasteiger partial charge < -0.3 is 0 Å². The Bertz CT molecular complexity index is 847. The van der Waals surface area contributed by atoms with Crippen molar-refractivity contribution in [3.8, 4) is 0 Å². The van der Waals surface area contributed by atoms with E-state index in [9.17, 15) is 9.59 Å². The summed E-state index contributed by atoms with van der Waals surface area (Å²) in [5.41, 5.74) is 2.78. The van der Waals surface area contributed by atoms with E-state index in [1.807, 2.05) is 31.2 Å². The van der Waals surface area contributed by atoms with Gasteiger partial charge in [0.15, 0.2) is 0 Å². The highest BCUT2D eigenvalue weighted by Crippen LogP contribution is 2.34. The van der Waals surface area contributed by atoms with Crippen LogP contribution in [0.3, 0.4) is 0 Å². The number of hydrogen-bond acceptors (Lipinski definition) is 3. The SMILES string of the molecule is Cc1ccc(/C=C2/SC(=O)N(Cc3ccc(Cl)c(Cl)c3)C2=O)cc1. The predicted molar refractivity (Wildman–Crippen MR) is 99.2 cm³/mol. The van der Waals surface area contributed by atoms with Crippen LogP contribution in [0, 0.1) is 6.92 Å². The number of aryl methyl sites for hydroxylation is 1. The standard InChI is InChI=1S/C18H13Cl2NO2S/c1-11-2-4-12(5-3-11)9-16-17(22)21(18(23)24-16)10-13-6-7-14(19)15(20)8-13/h2-9H,10H2,1H3/b16-9+. The molecule has 0 atom stereocenters. The number of carbonyl (C=O) groups is 2. The van der Waals surface area contributed by atoms with Crippen molar-refractivity contribution in [1.29, 1.82) is 0 Å². The Morgan fingerprint density at radius 1 is 1.04 bits per heavy atom. The molecule has 0 radical (unpaired) electrons. The first kappa shape index (κ1) is 17.1. The monoisotopic (exact) mass is 377 g/mol. The molecule has 1 heterocycles. The molecule has 3 nitrogen and oxygen atoms in total. The summed E-state index contributed by atoms with van der Waals surface area (Å²) in [6.07, 6.45) is 1.74. The molecule has 122 valence electrons. The van der Waals surface area contributed by atoms with E-state index in [4.69, 9.17) is 23.2 Å². The zero-order valence-corrected chi connectivity index (χ0v) is 15.1. The van der Waals surface area contributed by atoms with Crippen LogP contribution in [0.4, 0.5) is 4.79 Å². The van der Waals surface area contributed by atoms with E-state index in [2.05, 4.69) is 0 Å². The van der Waals surface area contributed by atoms with Crippen LogP contribution >= 0.6 is 35.0 Å². The number of imide groups is 1. The molecule has 2 aromatic carbocycles. The Balaban J connectivity index is 1.81. The van der Waals surface area contributed by atoms with Crippen molar-refractivity contribution < 1.29 is 9.59 Å². The smallest absolute Gasteiger partial charge is 0.268 e. The molecule has 0 spiro atoms. The minimum atomic E-state index is -0.295. The second kappa shape index (κ2) is 7.01. The fraction of sp³-hybridized carbons (Fsp3) is 0.111. The maximum absolute atomic E-state index is 12.5. The summed E-state index contributed by atoms with van der Waals surface area (Å²) >= 11 is 12.8. The van der Waals surface area contributed by atoms with Gasteiger partial charge in [-0.2, -0.15) is 0 Å². The minimum absolute atomic E-state index is 0.173. The number of benzene rings is 2. The molecule has 0 aromatic heterocycles. The van der Waals surface area contributed by atoms with Crippen molar-refractivity contribution in [2.75, 3.05) is 0 Å². The molecular formula is C18H13Cl2NO2S. The third-order valence-corrected chi connectivity index (χ3v) is 5.22. The summed E-state index contributed by atoms with van der Waals surface area (Å²) in [4.78, 5) is 26.3. The average Bonchev–Trinajstić information content (AvgIpc) is 2.81. The molecule has 0 unspecified atom stereocenters. The second-order valence-corrected chi connectivity index (χ2v) is 7.23.